The molecule has 0 aliphatic carbocycles. The van der Waals surface area contributed by atoms with E-state index in [1.54, 1.807) is 6.08 Å². The van der Waals surface area contributed by atoms with Gasteiger partial charge in [-0.2, -0.15) is 0 Å². The molecule has 0 heterocycles. The van der Waals surface area contributed by atoms with Gasteiger partial charge in [-0.3, -0.25) is 9.59 Å². The monoisotopic (exact) mass is 1240 g/mol. The van der Waals surface area contributed by atoms with Crippen LogP contribution in [0.2, 0.25) is 0 Å². The molecular formula is C82H159NO5. The third-order valence-corrected chi connectivity index (χ3v) is 19.2. The minimum atomic E-state index is -0.844. The summed E-state index contributed by atoms with van der Waals surface area (Å²) in [5.41, 5.74) is 0. The maximum atomic E-state index is 12.6. The number of amides is 1. The van der Waals surface area contributed by atoms with Crippen LogP contribution in [0.25, 0.3) is 0 Å². The van der Waals surface area contributed by atoms with Crippen molar-refractivity contribution in [2.45, 2.75) is 475 Å². The molecule has 6 nitrogen and oxygen atoms in total. The lowest BCUT2D eigenvalue weighted by Gasteiger charge is -2.20. The Morgan fingerprint density at radius 1 is 0.307 bits per heavy atom. The van der Waals surface area contributed by atoms with Gasteiger partial charge in [0.1, 0.15) is 0 Å². The first kappa shape index (κ1) is 86.3. The van der Waals surface area contributed by atoms with E-state index in [1.165, 1.54) is 398 Å². The van der Waals surface area contributed by atoms with Crippen LogP contribution in [0.4, 0.5) is 0 Å². The largest absolute Gasteiger partial charge is 0.466 e. The number of nitrogens with one attached hydrogen (secondary N) is 1. The number of carbonyl (C=O) groups is 2. The van der Waals surface area contributed by atoms with Crippen LogP contribution in [0.3, 0.4) is 0 Å². The molecular weight excluding hydrogens is 1080 g/mol. The van der Waals surface area contributed by atoms with Gasteiger partial charge < -0.3 is 20.3 Å². The van der Waals surface area contributed by atoms with E-state index in [9.17, 15) is 19.8 Å². The van der Waals surface area contributed by atoms with Crippen LogP contribution in [0.15, 0.2) is 24.3 Å². The number of esters is 1. The average molecular weight is 1240 g/mol. The molecule has 0 saturated heterocycles. The lowest BCUT2D eigenvalue weighted by molar-refractivity contribution is -0.143. The lowest BCUT2D eigenvalue weighted by atomic mass is 10.0. The predicted octanol–water partition coefficient (Wildman–Crippen LogP) is 26.8. The highest BCUT2D eigenvalue weighted by molar-refractivity contribution is 5.76. The van der Waals surface area contributed by atoms with E-state index < -0.39 is 12.1 Å². The van der Waals surface area contributed by atoms with Crippen molar-refractivity contribution >= 4 is 11.9 Å². The Labute approximate surface area is 551 Å². The summed E-state index contributed by atoms with van der Waals surface area (Å²) >= 11 is 0. The highest BCUT2D eigenvalue weighted by Crippen LogP contribution is 2.20. The molecule has 3 N–H and O–H groups in total. The zero-order chi connectivity index (χ0) is 63.5. The van der Waals surface area contributed by atoms with E-state index in [0.29, 0.717) is 19.4 Å². The number of rotatable bonds is 77. The molecule has 522 valence electrons. The zero-order valence-corrected chi connectivity index (χ0v) is 60.0. The van der Waals surface area contributed by atoms with E-state index in [2.05, 4.69) is 31.3 Å². The minimum Gasteiger partial charge on any atom is -0.466 e. The number of hydrogen-bond donors (Lipinski definition) is 3. The van der Waals surface area contributed by atoms with Crippen LogP contribution in [-0.4, -0.2) is 47.4 Å². The van der Waals surface area contributed by atoms with Crippen molar-refractivity contribution in [3.63, 3.8) is 0 Å². The first-order valence-electron chi connectivity index (χ1n) is 40.6. The third-order valence-electron chi connectivity index (χ3n) is 19.2. The van der Waals surface area contributed by atoms with Crippen molar-refractivity contribution in [3.8, 4) is 0 Å². The second-order valence-corrected chi connectivity index (χ2v) is 28.1. The number of aliphatic hydroxyl groups excluding tert-OH is 2. The van der Waals surface area contributed by atoms with Crippen LogP contribution in [0.5, 0.6) is 0 Å². The molecule has 0 aromatic rings. The summed E-state index contributed by atoms with van der Waals surface area (Å²) in [5.74, 6) is -0.0384. The molecule has 1 amide bonds. The number of ether oxygens (including phenoxy) is 1. The molecule has 2 unspecified atom stereocenters. The van der Waals surface area contributed by atoms with E-state index in [-0.39, 0.29) is 18.5 Å². The molecule has 0 spiro atoms. The van der Waals surface area contributed by atoms with Gasteiger partial charge in [-0.25, -0.2) is 0 Å². The Balaban J connectivity index is 3.37. The molecule has 0 radical (unpaired) electrons. The predicted molar refractivity (Wildman–Crippen MR) is 389 cm³/mol. The van der Waals surface area contributed by atoms with Crippen molar-refractivity contribution in [1.82, 2.24) is 5.32 Å². The molecule has 0 saturated carbocycles. The highest BCUT2D eigenvalue weighted by Gasteiger charge is 2.18. The topological polar surface area (TPSA) is 95.9 Å². The van der Waals surface area contributed by atoms with E-state index in [4.69, 9.17) is 4.74 Å². The SMILES string of the molecule is CCCCCCCCCCCCCCCCCCCCCCCC/C=C/C(O)C(CO)NC(=O)CCCCCCCCCCCCCCCCC/C=C\CCCCCCCCCCCCCCOC(=O)CCCCCCCCCCCCCCCCCC. The highest BCUT2D eigenvalue weighted by atomic mass is 16.5. The van der Waals surface area contributed by atoms with Gasteiger partial charge in [0.05, 0.1) is 25.4 Å². The quantitative estimate of drug-likeness (QED) is 0.0320. The molecule has 0 aromatic carbocycles. The van der Waals surface area contributed by atoms with Gasteiger partial charge in [0.2, 0.25) is 5.91 Å². The molecule has 2 atom stereocenters. The van der Waals surface area contributed by atoms with Crippen LogP contribution in [0.1, 0.15) is 463 Å². The molecule has 0 aliphatic heterocycles. The first-order valence-corrected chi connectivity index (χ1v) is 40.6. The number of unbranched alkanes of at least 4 members (excludes halogenated alkanes) is 64. The Kier molecular flexibility index (Phi) is 76.3. The average Bonchev–Trinajstić information content (AvgIpc) is 3.58. The van der Waals surface area contributed by atoms with E-state index >= 15 is 0 Å². The van der Waals surface area contributed by atoms with Gasteiger partial charge in [0, 0.05) is 12.8 Å². The lowest BCUT2D eigenvalue weighted by Crippen LogP contribution is -2.45. The Morgan fingerprint density at radius 2 is 0.534 bits per heavy atom. The van der Waals surface area contributed by atoms with Crippen LogP contribution in [0, 0.1) is 0 Å². The van der Waals surface area contributed by atoms with Gasteiger partial charge in [-0.05, 0) is 57.8 Å². The fourth-order valence-electron chi connectivity index (χ4n) is 13.0. The van der Waals surface area contributed by atoms with E-state index in [0.717, 1.165) is 38.5 Å². The molecule has 0 aromatic heterocycles. The van der Waals surface area contributed by atoms with Crippen molar-refractivity contribution < 1.29 is 24.5 Å². The van der Waals surface area contributed by atoms with Crippen LogP contribution < -0.4 is 5.32 Å². The third kappa shape index (κ3) is 73.4. The molecule has 0 bridgehead atoms. The maximum Gasteiger partial charge on any atom is 0.305 e. The Morgan fingerprint density at radius 3 is 0.807 bits per heavy atom. The Hall–Kier alpha value is -1.66. The second kappa shape index (κ2) is 77.8. The summed E-state index contributed by atoms with van der Waals surface area (Å²) in [6.45, 7) is 4.96. The van der Waals surface area contributed by atoms with E-state index in [1.807, 2.05) is 6.08 Å². The number of aliphatic hydroxyl groups is 2. The summed E-state index contributed by atoms with van der Waals surface area (Å²) < 4.78 is 5.51. The molecule has 0 fully saturated rings. The van der Waals surface area contributed by atoms with Crippen LogP contribution in [-0.2, 0) is 14.3 Å². The number of hydrogen-bond acceptors (Lipinski definition) is 5. The van der Waals surface area contributed by atoms with Gasteiger partial charge in [-0.1, -0.05) is 417 Å². The van der Waals surface area contributed by atoms with Gasteiger partial charge in [0.15, 0.2) is 0 Å². The number of carbonyl (C=O) groups excluding carboxylic acids is 2. The smallest absolute Gasteiger partial charge is 0.305 e. The summed E-state index contributed by atoms with van der Waals surface area (Å²) in [4.78, 5) is 24.7. The normalized spacial score (nSPS) is 12.5. The minimum absolute atomic E-state index is 0.0220. The number of allylic oxidation sites excluding steroid dienone is 3. The zero-order valence-electron chi connectivity index (χ0n) is 60.0. The summed E-state index contributed by atoms with van der Waals surface area (Å²) in [6.07, 6.45) is 100. The van der Waals surface area contributed by atoms with Gasteiger partial charge in [0.25, 0.3) is 0 Å². The van der Waals surface area contributed by atoms with Crippen molar-refractivity contribution in [3.05, 3.63) is 24.3 Å². The van der Waals surface area contributed by atoms with Crippen LogP contribution >= 0.6 is 0 Å². The summed E-state index contributed by atoms with van der Waals surface area (Å²) in [5, 5.41) is 23.3. The van der Waals surface area contributed by atoms with Crippen molar-refractivity contribution in [2.75, 3.05) is 13.2 Å². The van der Waals surface area contributed by atoms with Crippen molar-refractivity contribution in [1.29, 1.82) is 0 Å². The standard InChI is InChI=1S/C82H159NO5/c1-3-5-7-9-11-13-15-17-19-21-22-23-24-34-37-40-43-46-50-54-58-62-66-70-74-80(85)79(78-84)83-81(86)75-71-67-63-59-55-51-47-44-41-38-35-32-30-28-26-25-27-29-31-33-36-39-42-45-49-53-57-61-65-69-73-77-88-82(87)76-72-68-64-60-56-52-48-20-18-16-14-12-10-8-6-4-2/h27,29,70,74,79-80,84-85H,3-26,28,30-69,71-73,75-78H2,1-2H3,(H,83,86)/b29-27-,74-70+. The van der Waals surface area contributed by atoms with Gasteiger partial charge >= 0.3 is 5.97 Å². The fourth-order valence-corrected chi connectivity index (χ4v) is 13.0. The van der Waals surface area contributed by atoms with Crippen molar-refractivity contribution in [2.24, 2.45) is 0 Å². The summed E-state index contributed by atoms with van der Waals surface area (Å²) in [7, 11) is 0. The van der Waals surface area contributed by atoms with Gasteiger partial charge in [-0.15, -0.1) is 0 Å². The maximum absolute atomic E-state index is 12.6. The first-order chi connectivity index (χ1) is 43.5. The fraction of sp³-hybridized carbons (Fsp3) is 0.927. The second-order valence-electron chi connectivity index (χ2n) is 28.1. The molecule has 0 aliphatic rings. The molecule has 88 heavy (non-hydrogen) atoms. The molecule has 6 heteroatoms. The Bertz CT molecular complexity index is 1380. The summed E-state index contributed by atoms with van der Waals surface area (Å²) in [6, 6.07) is -0.628. The molecule has 0 rings (SSSR count).